The molecule has 6 nitrogen and oxygen atoms in total. The van der Waals surface area contributed by atoms with Gasteiger partial charge in [-0.3, -0.25) is 0 Å². The highest BCUT2D eigenvalue weighted by Gasteiger charge is 2.25. The summed E-state index contributed by atoms with van der Waals surface area (Å²) in [4.78, 5) is 23.5. The predicted molar refractivity (Wildman–Crippen MR) is 142 cm³/mol. The maximum absolute atomic E-state index is 13.2. The van der Waals surface area contributed by atoms with Crippen molar-refractivity contribution in [3.8, 4) is 27.4 Å². The van der Waals surface area contributed by atoms with Crippen LogP contribution in [0.25, 0.3) is 21.7 Å². The third-order valence-electron chi connectivity index (χ3n) is 6.16. The van der Waals surface area contributed by atoms with Gasteiger partial charge in [0.05, 0.1) is 5.69 Å². The number of thiazole rings is 1. The van der Waals surface area contributed by atoms with E-state index in [1.54, 1.807) is 47.1 Å². The molecule has 1 unspecified atom stereocenters. The maximum Gasteiger partial charge on any atom is 0.339 e. The largest absolute Gasteiger partial charge is 0.478 e. The molecule has 186 valence electrons. The lowest BCUT2D eigenvalue weighted by Crippen LogP contribution is -2.05. The van der Waals surface area contributed by atoms with E-state index in [9.17, 15) is 14.3 Å². The number of aromatic carboxylic acids is 1. The van der Waals surface area contributed by atoms with Crippen molar-refractivity contribution >= 4 is 39.6 Å². The molecule has 5 rings (SSSR count). The summed E-state index contributed by atoms with van der Waals surface area (Å²) in [6, 6.07) is 10.9. The van der Waals surface area contributed by atoms with E-state index in [4.69, 9.17) is 9.72 Å². The Morgan fingerprint density at radius 3 is 2.58 bits per heavy atom. The van der Waals surface area contributed by atoms with Crippen molar-refractivity contribution in [1.29, 1.82) is 0 Å². The second-order valence-electron chi connectivity index (χ2n) is 8.94. The minimum absolute atomic E-state index is 0.0968. The quantitative estimate of drug-likeness (QED) is 0.243. The number of anilines is 2. The first-order valence-corrected chi connectivity index (χ1v) is 13.5. The van der Waals surface area contributed by atoms with Gasteiger partial charge in [0.1, 0.15) is 17.1 Å². The van der Waals surface area contributed by atoms with Gasteiger partial charge in [-0.05, 0) is 73.0 Å². The molecule has 3 aromatic heterocycles. The summed E-state index contributed by atoms with van der Waals surface area (Å²) in [6.07, 6.45) is 4.87. The van der Waals surface area contributed by atoms with Crippen molar-refractivity contribution in [2.75, 3.05) is 5.32 Å². The van der Waals surface area contributed by atoms with Gasteiger partial charge in [-0.15, -0.1) is 22.7 Å². The van der Waals surface area contributed by atoms with E-state index in [-0.39, 0.29) is 11.4 Å². The number of carboxylic acid groups (broad SMARTS) is 1. The van der Waals surface area contributed by atoms with Gasteiger partial charge in [0, 0.05) is 34.0 Å². The molecule has 36 heavy (non-hydrogen) atoms. The third-order valence-corrected chi connectivity index (χ3v) is 8.39. The number of hydrogen-bond donors (Lipinski definition) is 2. The Hall–Kier alpha value is -3.30. The van der Waals surface area contributed by atoms with Crippen molar-refractivity contribution in [3.63, 3.8) is 0 Å². The van der Waals surface area contributed by atoms with Crippen LogP contribution in [0.15, 0.2) is 48.0 Å². The number of rotatable bonds is 8. The van der Waals surface area contributed by atoms with Crippen LogP contribution in [0.1, 0.15) is 59.3 Å². The normalized spacial score (nSPS) is 14.6. The van der Waals surface area contributed by atoms with Gasteiger partial charge in [0.2, 0.25) is 6.36 Å². The van der Waals surface area contributed by atoms with Gasteiger partial charge in [0.25, 0.3) is 0 Å². The average Bonchev–Trinajstić information content (AvgIpc) is 3.60. The van der Waals surface area contributed by atoms with Gasteiger partial charge < -0.3 is 15.2 Å². The molecule has 9 heteroatoms. The first-order chi connectivity index (χ1) is 17.4. The number of benzene rings is 1. The number of halogens is 1. The number of hydrogen-bond acceptors (Lipinski definition) is 7. The zero-order valence-electron chi connectivity index (χ0n) is 20.0. The zero-order chi connectivity index (χ0) is 25.2. The number of carbonyl (C=O) groups is 1. The minimum Gasteiger partial charge on any atom is -0.478 e. The lowest BCUT2D eigenvalue weighted by atomic mass is 10.0. The molecule has 0 aliphatic heterocycles. The van der Waals surface area contributed by atoms with Crippen LogP contribution >= 0.6 is 22.7 Å². The van der Waals surface area contributed by atoms with Crippen molar-refractivity contribution in [2.24, 2.45) is 0 Å². The Balaban J connectivity index is 1.48. The van der Waals surface area contributed by atoms with Gasteiger partial charge in [-0.2, -0.15) is 0 Å². The zero-order valence-corrected chi connectivity index (χ0v) is 21.6. The van der Waals surface area contributed by atoms with Crippen LogP contribution in [-0.2, 0) is 0 Å². The van der Waals surface area contributed by atoms with Gasteiger partial charge in [0.15, 0.2) is 5.13 Å². The molecule has 1 saturated carbocycles. The molecular formula is C27H26FN3O3S2. The summed E-state index contributed by atoms with van der Waals surface area (Å²) in [5, 5.41) is 15.7. The van der Waals surface area contributed by atoms with Crippen LogP contribution in [-0.4, -0.2) is 27.4 Å². The van der Waals surface area contributed by atoms with Crippen molar-refractivity contribution in [3.05, 3.63) is 64.0 Å². The molecule has 3 heterocycles. The fourth-order valence-corrected chi connectivity index (χ4v) is 6.52. The molecule has 0 saturated heterocycles. The molecule has 1 fully saturated rings. The number of carboxylic acids is 1. The fourth-order valence-electron chi connectivity index (χ4n) is 4.48. The van der Waals surface area contributed by atoms with E-state index < -0.39 is 12.3 Å². The number of aromatic nitrogens is 2. The first kappa shape index (κ1) is 24.4. The van der Waals surface area contributed by atoms with Crippen LogP contribution in [0, 0.1) is 6.92 Å². The SMILES string of the molecule is Cc1csc(-c2cnc(Nc3nc(-c4ccc(OC(C)F)cc4)c(C4CCCC4)s3)c(C(=O)O)c2)c1. The van der Waals surface area contributed by atoms with Crippen LogP contribution < -0.4 is 10.1 Å². The van der Waals surface area contributed by atoms with Gasteiger partial charge in [-0.25, -0.2) is 19.2 Å². The highest BCUT2D eigenvalue weighted by molar-refractivity contribution is 7.16. The monoisotopic (exact) mass is 523 g/mol. The Morgan fingerprint density at radius 1 is 1.19 bits per heavy atom. The summed E-state index contributed by atoms with van der Waals surface area (Å²) in [5.41, 5.74) is 3.77. The lowest BCUT2D eigenvalue weighted by Gasteiger charge is -2.10. The molecule has 0 radical (unpaired) electrons. The lowest BCUT2D eigenvalue weighted by molar-refractivity contribution is 0.0697. The molecule has 1 aliphatic carbocycles. The molecule has 2 N–H and O–H groups in total. The topological polar surface area (TPSA) is 84.3 Å². The Labute approximate surface area is 216 Å². The first-order valence-electron chi connectivity index (χ1n) is 11.8. The van der Waals surface area contributed by atoms with Crippen molar-refractivity contribution in [1.82, 2.24) is 9.97 Å². The summed E-state index contributed by atoms with van der Waals surface area (Å²) in [5.74, 6) is 0.0799. The number of ether oxygens (including phenoxy) is 1. The van der Waals surface area contributed by atoms with Gasteiger partial charge >= 0.3 is 5.97 Å². The molecule has 1 atom stereocenters. The predicted octanol–water partition coefficient (Wildman–Crippen LogP) is 8.04. The molecule has 1 aromatic carbocycles. The second kappa shape index (κ2) is 10.4. The van der Waals surface area contributed by atoms with E-state index in [0.717, 1.165) is 40.1 Å². The number of aryl methyl sites for hydroxylation is 1. The minimum atomic E-state index is -1.38. The van der Waals surface area contributed by atoms with Crippen molar-refractivity contribution in [2.45, 2.75) is 51.8 Å². The summed E-state index contributed by atoms with van der Waals surface area (Å²) >= 11 is 3.10. The second-order valence-corrected chi connectivity index (χ2v) is 10.9. The summed E-state index contributed by atoms with van der Waals surface area (Å²) in [7, 11) is 0. The fraction of sp³-hybridized carbons (Fsp3) is 0.296. The molecule has 4 aromatic rings. The third kappa shape index (κ3) is 5.27. The van der Waals surface area contributed by atoms with E-state index >= 15 is 0 Å². The van der Waals surface area contributed by atoms with Gasteiger partial charge in [-0.1, -0.05) is 12.8 Å². The van der Waals surface area contributed by atoms with Crippen molar-refractivity contribution < 1.29 is 19.0 Å². The highest BCUT2D eigenvalue weighted by atomic mass is 32.1. The Morgan fingerprint density at radius 2 is 1.94 bits per heavy atom. The number of nitrogens with zero attached hydrogens (tertiary/aromatic N) is 2. The smallest absolute Gasteiger partial charge is 0.339 e. The molecule has 1 aliphatic rings. The highest BCUT2D eigenvalue weighted by Crippen LogP contribution is 2.44. The Bertz CT molecular complexity index is 1380. The van der Waals surface area contributed by atoms with E-state index in [2.05, 4.69) is 10.3 Å². The van der Waals surface area contributed by atoms with E-state index in [1.165, 1.54) is 24.6 Å². The average molecular weight is 524 g/mol. The summed E-state index contributed by atoms with van der Waals surface area (Å²) < 4.78 is 18.4. The molecule has 0 bridgehead atoms. The van der Waals surface area contributed by atoms with Crippen LogP contribution in [0.2, 0.25) is 0 Å². The number of pyridine rings is 1. The number of nitrogens with one attached hydrogen (secondary N) is 1. The van der Waals surface area contributed by atoms with Crippen LogP contribution in [0.4, 0.5) is 15.3 Å². The van der Waals surface area contributed by atoms with Crippen LogP contribution in [0.3, 0.4) is 0 Å². The Kier molecular flexibility index (Phi) is 7.02. The molecule has 0 spiro atoms. The molecular weight excluding hydrogens is 497 g/mol. The van der Waals surface area contributed by atoms with E-state index in [0.29, 0.717) is 16.8 Å². The van der Waals surface area contributed by atoms with Crippen LogP contribution in [0.5, 0.6) is 5.75 Å². The number of alkyl halides is 1. The molecule has 0 amide bonds. The maximum atomic E-state index is 13.2. The summed E-state index contributed by atoms with van der Waals surface area (Å²) in [6.45, 7) is 3.35. The standard InChI is InChI=1S/C27H26FN3O3S2/c1-15-11-22(35-14-15)19-12-21(26(32)33)25(29-13-19)31-27-30-23(24(36-27)18-5-3-4-6-18)17-7-9-20(10-8-17)34-16(2)28/h7-14,16,18H,3-6H2,1-2H3,(H,32,33)(H,29,30,31). The number of thiophene rings is 1. The van der Waals surface area contributed by atoms with E-state index in [1.807, 2.05) is 30.5 Å².